The van der Waals surface area contributed by atoms with Crippen LogP contribution < -0.4 is 0 Å². The van der Waals surface area contributed by atoms with E-state index in [1.165, 1.54) is 6.08 Å². The lowest BCUT2D eigenvalue weighted by Gasteiger charge is -2.29. The Morgan fingerprint density at radius 1 is 1.57 bits per heavy atom. The van der Waals surface area contributed by atoms with Gasteiger partial charge in [0.2, 0.25) is 0 Å². The van der Waals surface area contributed by atoms with Gasteiger partial charge < -0.3 is 10.2 Å². The van der Waals surface area contributed by atoms with Crippen LogP contribution in [0.4, 0.5) is 0 Å². The fraction of sp³-hybridized carbons (Fsp3) is 0.444. The molecule has 6 radical (unpaired) electrons. The first kappa shape index (κ1) is 11.6. The van der Waals surface area contributed by atoms with Crippen LogP contribution in [0, 0.1) is 5.41 Å². The average Bonchev–Trinajstić information content (AvgIpc) is 2.39. The zero-order valence-corrected chi connectivity index (χ0v) is 9.58. The van der Waals surface area contributed by atoms with Crippen LogP contribution in [0.1, 0.15) is 0 Å². The van der Waals surface area contributed by atoms with E-state index in [1.807, 2.05) is 0 Å². The van der Waals surface area contributed by atoms with Crippen LogP contribution in [0.25, 0.3) is 0 Å². The van der Waals surface area contributed by atoms with Gasteiger partial charge in [0.25, 0.3) is 0 Å². The molecule has 5 heteroatoms. The van der Waals surface area contributed by atoms with Gasteiger partial charge in [0.15, 0.2) is 5.78 Å². The molecule has 72 valence electrons. The Bertz CT molecular complexity index is 311. The molecule has 0 fully saturated rings. The van der Waals surface area contributed by atoms with Gasteiger partial charge in [0, 0.05) is 21.2 Å². The quantitative estimate of drug-likeness (QED) is 0.481. The highest BCUT2D eigenvalue weighted by Gasteiger charge is 2.47. The summed E-state index contributed by atoms with van der Waals surface area (Å²) in [5, 5.41) is 18.8. The normalized spacial score (nSPS) is 32.6. The minimum absolute atomic E-state index is 0.184. The topological polar surface area (TPSA) is 57.5 Å². The van der Waals surface area contributed by atoms with E-state index >= 15 is 0 Å². The smallest absolute Gasteiger partial charge is 0.155 e. The molecule has 0 aliphatic heterocycles. The number of hydrogen-bond donors (Lipinski definition) is 2. The predicted octanol–water partition coefficient (Wildman–Crippen LogP) is -0.894. The SMILES string of the molecule is C=CC1(CO)C(CO)=C([Si])C(=O)C1[Si]. The number of allylic oxidation sites excluding steroid dienone is 1. The molecule has 0 aromatic rings. The van der Waals surface area contributed by atoms with Crippen molar-refractivity contribution in [3.63, 3.8) is 0 Å². The van der Waals surface area contributed by atoms with E-state index in [9.17, 15) is 9.90 Å². The van der Waals surface area contributed by atoms with Gasteiger partial charge in [-0.2, -0.15) is 0 Å². The van der Waals surface area contributed by atoms with Gasteiger partial charge in [-0.1, -0.05) is 6.08 Å². The lowest BCUT2D eigenvalue weighted by Crippen LogP contribution is -2.30. The molecule has 0 saturated heterocycles. The molecule has 0 amide bonds. The van der Waals surface area contributed by atoms with Gasteiger partial charge in [0.05, 0.1) is 23.5 Å². The summed E-state index contributed by atoms with van der Waals surface area (Å²) in [6.07, 6.45) is 1.49. The van der Waals surface area contributed by atoms with Crippen molar-refractivity contribution >= 4 is 26.3 Å². The van der Waals surface area contributed by atoms with Crippen LogP contribution in [0.5, 0.6) is 0 Å². The van der Waals surface area contributed by atoms with Crippen molar-refractivity contribution in [2.75, 3.05) is 13.2 Å². The number of hydrogen-bond acceptors (Lipinski definition) is 3. The highest BCUT2D eigenvalue weighted by Crippen LogP contribution is 2.47. The first-order valence-corrected chi connectivity index (χ1v) is 5.18. The second-order valence-corrected chi connectivity index (χ2v) is 4.29. The van der Waals surface area contributed by atoms with Crippen LogP contribution in [-0.2, 0) is 4.79 Å². The summed E-state index contributed by atoms with van der Waals surface area (Å²) in [4.78, 5) is 11.6. The Kier molecular flexibility index (Phi) is 3.26. The number of carbonyl (C=O) groups is 1. The predicted molar refractivity (Wildman–Crippen MR) is 54.1 cm³/mol. The maximum atomic E-state index is 11.6. The zero-order chi connectivity index (χ0) is 10.9. The molecule has 2 unspecified atom stereocenters. The molecule has 0 aromatic heterocycles. The standard InChI is InChI=1S/C9H10O3Si2/c1-2-9(4-11)5(3-10)7(13)6(12)8(9)14/h2,8,10-11H,1,3-4H2. The molecule has 14 heavy (non-hydrogen) atoms. The highest BCUT2D eigenvalue weighted by molar-refractivity contribution is 6.45. The molecular formula is C9H10O3Si2. The van der Waals surface area contributed by atoms with E-state index in [2.05, 4.69) is 27.1 Å². The van der Waals surface area contributed by atoms with Crippen LogP contribution in [0.2, 0.25) is 5.54 Å². The van der Waals surface area contributed by atoms with Gasteiger partial charge in [-0.15, -0.1) is 6.58 Å². The maximum absolute atomic E-state index is 11.6. The fourth-order valence-corrected chi connectivity index (χ4v) is 2.78. The molecule has 0 spiro atoms. The molecule has 3 nitrogen and oxygen atoms in total. The lowest BCUT2D eigenvalue weighted by atomic mass is 9.81. The van der Waals surface area contributed by atoms with Crippen molar-refractivity contribution in [3.05, 3.63) is 23.4 Å². The van der Waals surface area contributed by atoms with Gasteiger partial charge in [-0.3, -0.25) is 4.79 Å². The first-order valence-electron chi connectivity index (χ1n) is 4.11. The molecule has 2 atom stereocenters. The van der Waals surface area contributed by atoms with Crippen LogP contribution in [0.3, 0.4) is 0 Å². The number of aliphatic hydroxyl groups excluding tert-OH is 2. The van der Waals surface area contributed by atoms with E-state index in [1.54, 1.807) is 0 Å². The third kappa shape index (κ3) is 1.28. The summed E-state index contributed by atoms with van der Waals surface area (Å²) in [7, 11) is 6.42. The van der Waals surface area contributed by atoms with E-state index in [4.69, 9.17) is 5.11 Å². The first-order chi connectivity index (χ1) is 6.55. The second kappa shape index (κ2) is 3.94. The summed E-state index contributed by atoms with van der Waals surface area (Å²) < 4.78 is 0. The lowest BCUT2D eigenvalue weighted by molar-refractivity contribution is -0.115. The molecule has 0 bridgehead atoms. The Balaban J connectivity index is 3.31. The summed E-state index contributed by atoms with van der Waals surface area (Å²) >= 11 is 0. The van der Waals surface area contributed by atoms with Gasteiger partial charge in [-0.25, -0.2) is 0 Å². The summed E-state index contributed by atoms with van der Waals surface area (Å²) in [6, 6.07) is 0. The molecule has 1 aliphatic rings. The number of rotatable bonds is 3. The number of ketones is 1. The van der Waals surface area contributed by atoms with E-state index < -0.39 is 11.0 Å². The van der Waals surface area contributed by atoms with E-state index in [0.717, 1.165) is 0 Å². The van der Waals surface area contributed by atoms with Crippen molar-refractivity contribution in [2.45, 2.75) is 5.54 Å². The zero-order valence-electron chi connectivity index (χ0n) is 7.58. The minimum atomic E-state index is -0.889. The largest absolute Gasteiger partial charge is 0.395 e. The monoisotopic (exact) mass is 222 g/mol. The van der Waals surface area contributed by atoms with Crippen molar-refractivity contribution < 1.29 is 15.0 Å². The van der Waals surface area contributed by atoms with Crippen LogP contribution >= 0.6 is 0 Å². The third-order valence-corrected chi connectivity index (χ3v) is 4.00. The molecule has 1 aliphatic carbocycles. The molecule has 0 saturated carbocycles. The van der Waals surface area contributed by atoms with Crippen molar-refractivity contribution in [1.82, 2.24) is 0 Å². The van der Waals surface area contributed by atoms with Gasteiger partial charge in [-0.05, 0) is 10.8 Å². The fourth-order valence-electron chi connectivity index (χ4n) is 1.65. The summed E-state index contributed by atoms with van der Waals surface area (Å²) in [6.45, 7) is 3.05. The van der Waals surface area contributed by atoms with Crippen molar-refractivity contribution in [2.24, 2.45) is 5.41 Å². The number of Topliss-reactive ketones (excluding diaryl/α,β-unsaturated/α-hetero) is 1. The van der Waals surface area contributed by atoms with Crippen LogP contribution in [0.15, 0.2) is 23.4 Å². The molecule has 1 rings (SSSR count). The summed E-state index contributed by atoms with van der Waals surface area (Å²) in [5.41, 5.74) is -0.990. The van der Waals surface area contributed by atoms with Crippen molar-refractivity contribution in [1.29, 1.82) is 0 Å². The van der Waals surface area contributed by atoms with Crippen molar-refractivity contribution in [3.8, 4) is 0 Å². The molecular weight excluding hydrogens is 212 g/mol. The van der Waals surface area contributed by atoms with E-state index in [-0.39, 0.29) is 19.0 Å². The summed E-state index contributed by atoms with van der Waals surface area (Å²) in [5.74, 6) is -0.184. The Labute approximate surface area is 89.4 Å². The maximum Gasteiger partial charge on any atom is 0.155 e. The third-order valence-electron chi connectivity index (χ3n) is 2.67. The average molecular weight is 222 g/mol. The Morgan fingerprint density at radius 2 is 2.14 bits per heavy atom. The Hall–Kier alpha value is -0.496. The number of carbonyl (C=O) groups excluding carboxylic acids is 1. The highest BCUT2D eigenvalue weighted by atomic mass is 28.1. The molecule has 0 aromatic carbocycles. The van der Waals surface area contributed by atoms with E-state index in [0.29, 0.717) is 10.8 Å². The van der Waals surface area contributed by atoms with Gasteiger partial charge in [0.1, 0.15) is 0 Å². The molecule has 2 N–H and O–H groups in total. The van der Waals surface area contributed by atoms with Gasteiger partial charge >= 0.3 is 0 Å². The Morgan fingerprint density at radius 3 is 2.43 bits per heavy atom. The molecule has 0 heterocycles. The minimum Gasteiger partial charge on any atom is -0.395 e. The van der Waals surface area contributed by atoms with Crippen LogP contribution in [-0.4, -0.2) is 49.7 Å². The second-order valence-electron chi connectivity index (χ2n) is 3.21. The number of aliphatic hydroxyl groups is 2.